The van der Waals surface area contributed by atoms with Gasteiger partial charge in [0.1, 0.15) is 0 Å². The Morgan fingerprint density at radius 3 is 2.29 bits per heavy atom. The van der Waals surface area contributed by atoms with Crippen molar-refractivity contribution in [2.45, 2.75) is 85.8 Å². The summed E-state index contributed by atoms with van der Waals surface area (Å²) in [5.74, 6) is 1.70. The third-order valence-electron chi connectivity index (χ3n) is 8.44. The van der Waals surface area contributed by atoms with Crippen molar-refractivity contribution in [3.63, 3.8) is 0 Å². The highest BCUT2D eigenvalue weighted by Gasteiger charge is 2.31. The van der Waals surface area contributed by atoms with Gasteiger partial charge in [-0.15, -0.1) is 12.4 Å². The van der Waals surface area contributed by atoms with E-state index in [1.165, 1.54) is 0 Å². The number of amides is 1. The van der Waals surface area contributed by atoms with Gasteiger partial charge in [-0.3, -0.25) is 4.79 Å². The van der Waals surface area contributed by atoms with E-state index in [1.54, 1.807) is 14.2 Å². The molecule has 2 rings (SSSR count). The first-order valence-corrected chi connectivity index (χ1v) is 16.4. The zero-order valence-corrected chi connectivity index (χ0v) is 30.2. The summed E-state index contributed by atoms with van der Waals surface area (Å²) in [7, 11) is 3.32. The lowest BCUT2D eigenvalue weighted by Gasteiger charge is -2.31. The SMILES string of the molecule is COCCCOc1cc(C[C@@H](C[C@H](N)[C@@H](O)C[C@H](C(=O)NCC(C)(C)Cc2cccc(Cl)c2)C(C)C)C(C)C)ccc1OC.Cl. The molecule has 0 aliphatic rings. The maximum Gasteiger partial charge on any atom is 0.223 e. The average molecular weight is 670 g/mol. The van der Waals surface area contributed by atoms with Gasteiger partial charge in [0.05, 0.1) is 19.8 Å². The minimum Gasteiger partial charge on any atom is -0.493 e. The number of methoxy groups -OCH3 is 2. The molecule has 0 radical (unpaired) electrons. The van der Waals surface area contributed by atoms with Gasteiger partial charge in [0, 0.05) is 43.7 Å². The molecule has 0 spiro atoms. The van der Waals surface area contributed by atoms with Gasteiger partial charge in [0.15, 0.2) is 11.5 Å². The number of nitrogens with one attached hydrogen (secondary N) is 1. The molecule has 1 amide bonds. The zero-order chi connectivity index (χ0) is 32.9. The fourth-order valence-electron chi connectivity index (χ4n) is 5.58. The fourth-order valence-corrected chi connectivity index (χ4v) is 5.80. The molecule has 0 aliphatic heterocycles. The standard InChI is InChI=1S/C36H57ClN2O5.ClH/c1-24(2)28(17-26-13-14-33(43-8)34(19-26)44-16-10-15-42-7)20-31(38)32(40)21-30(25(3)4)35(41)39-23-36(5,6)22-27-11-9-12-29(37)18-27;/h9,11-14,18-19,24-25,28,30-32,40H,10,15-17,20-23,38H2,1-8H3,(H,39,41);1H/t28-,30-,31-,32-;/m0./s1. The topological polar surface area (TPSA) is 103 Å². The number of aliphatic hydroxyl groups is 1. The molecule has 0 aliphatic carbocycles. The van der Waals surface area contributed by atoms with Crippen LogP contribution in [-0.2, 0) is 22.4 Å². The Morgan fingerprint density at radius 1 is 0.978 bits per heavy atom. The van der Waals surface area contributed by atoms with Crippen molar-refractivity contribution in [2.75, 3.05) is 34.0 Å². The highest BCUT2D eigenvalue weighted by atomic mass is 35.5. The normalized spacial score (nSPS) is 14.4. The Kier molecular flexibility index (Phi) is 18.5. The summed E-state index contributed by atoms with van der Waals surface area (Å²) in [6.07, 6.45) is 2.57. The van der Waals surface area contributed by atoms with E-state index in [4.69, 9.17) is 31.5 Å². The molecule has 256 valence electrons. The molecule has 0 unspecified atom stereocenters. The molecule has 2 aromatic carbocycles. The van der Waals surface area contributed by atoms with Crippen LogP contribution in [0.2, 0.25) is 5.02 Å². The van der Waals surface area contributed by atoms with E-state index < -0.39 is 12.1 Å². The van der Waals surface area contributed by atoms with Gasteiger partial charge in [-0.1, -0.05) is 71.3 Å². The van der Waals surface area contributed by atoms with E-state index in [0.29, 0.717) is 49.3 Å². The smallest absolute Gasteiger partial charge is 0.223 e. The van der Waals surface area contributed by atoms with Gasteiger partial charge in [-0.25, -0.2) is 0 Å². The quantitative estimate of drug-likeness (QED) is 0.130. The van der Waals surface area contributed by atoms with Crippen molar-refractivity contribution < 1.29 is 24.1 Å². The van der Waals surface area contributed by atoms with Crippen LogP contribution in [0.5, 0.6) is 11.5 Å². The Labute approximate surface area is 283 Å². The second kappa shape index (κ2) is 20.3. The van der Waals surface area contributed by atoms with Crippen LogP contribution in [-0.4, -0.2) is 57.1 Å². The number of nitrogens with two attached hydrogens (primary N) is 1. The average Bonchev–Trinajstić information content (AvgIpc) is 2.96. The van der Waals surface area contributed by atoms with Crippen LogP contribution in [0.15, 0.2) is 42.5 Å². The molecule has 2 aromatic rings. The molecule has 4 N–H and O–H groups in total. The molecule has 0 heterocycles. The highest BCUT2D eigenvalue weighted by Crippen LogP contribution is 2.32. The summed E-state index contributed by atoms with van der Waals surface area (Å²) >= 11 is 6.17. The third kappa shape index (κ3) is 14.5. The van der Waals surface area contributed by atoms with E-state index in [0.717, 1.165) is 36.1 Å². The number of carbonyl (C=O) groups excluding carboxylic acids is 1. The maximum atomic E-state index is 13.4. The van der Waals surface area contributed by atoms with Gasteiger partial charge < -0.3 is 30.4 Å². The first kappa shape index (κ1) is 41.0. The minimum absolute atomic E-state index is 0. The van der Waals surface area contributed by atoms with Gasteiger partial charge in [0.2, 0.25) is 5.91 Å². The molecule has 45 heavy (non-hydrogen) atoms. The van der Waals surface area contributed by atoms with Crippen molar-refractivity contribution in [2.24, 2.45) is 34.8 Å². The summed E-state index contributed by atoms with van der Waals surface area (Å²) in [5, 5.41) is 15.1. The van der Waals surface area contributed by atoms with Crippen LogP contribution < -0.4 is 20.5 Å². The van der Waals surface area contributed by atoms with Crippen LogP contribution in [0.4, 0.5) is 0 Å². The van der Waals surface area contributed by atoms with E-state index in [9.17, 15) is 9.90 Å². The van der Waals surface area contributed by atoms with Crippen molar-refractivity contribution in [3.8, 4) is 11.5 Å². The number of hydrogen-bond donors (Lipinski definition) is 3. The summed E-state index contributed by atoms with van der Waals surface area (Å²) in [6.45, 7) is 14.4. The molecule has 0 saturated heterocycles. The summed E-state index contributed by atoms with van der Waals surface area (Å²) in [5.41, 5.74) is 8.74. The predicted molar refractivity (Wildman–Crippen MR) is 188 cm³/mol. The van der Waals surface area contributed by atoms with E-state index >= 15 is 0 Å². The summed E-state index contributed by atoms with van der Waals surface area (Å²) in [6, 6.07) is 13.4. The molecule has 0 fully saturated rings. The minimum atomic E-state index is -0.788. The number of rotatable bonds is 20. The highest BCUT2D eigenvalue weighted by molar-refractivity contribution is 6.30. The first-order valence-electron chi connectivity index (χ1n) is 16.0. The van der Waals surface area contributed by atoms with Gasteiger partial charge in [-0.2, -0.15) is 0 Å². The van der Waals surface area contributed by atoms with E-state index in [1.807, 2.05) is 44.2 Å². The van der Waals surface area contributed by atoms with Crippen LogP contribution >= 0.6 is 24.0 Å². The Hall–Kier alpha value is -2.03. The van der Waals surface area contributed by atoms with E-state index in [-0.39, 0.29) is 41.5 Å². The lowest BCUT2D eigenvalue weighted by Crippen LogP contribution is -2.44. The van der Waals surface area contributed by atoms with Crippen LogP contribution in [0.25, 0.3) is 0 Å². The second-order valence-corrected chi connectivity index (χ2v) is 14.1. The molecule has 4 atom stereocenters. The number of aliphatic hydroxyl groups excluding tert-OH is 1. The fraction of sp³-hybridized carbons (Fsp3) is 0.639. The molecular formula is C36H58Cl2N2O5. The Bertz CT molecular complexity index is 1140. The number of benzene rings is 2. The third-order valence-corrected chi connectivity index (χ3v) is 8.67. The zero-order valence-electron chi connectivity index (χ0n) is 28.6. The summed E-state index contributed by atoms with van der Waals surface area (Å²) in [4.78, 5) is 13.4. The van der Waals surface area contributed by atoms with Crippen molar-refractivity contribution in [3.05, 3.63) is 58.6 Å². The molecule has 7 nitrogen and oxygen atoms in total. The van der Waals surface area contributed by atoms with Crippen LogP contribution in [0, 0.1) is 29.1 Å². The summed E-state index contributed by atoms with van der Waals surface area (Å²) < 4.78 is 16.6. The molecule has 0 bridgehead atoms. The lowest BCUT2D eigenvalue weighted by molar-refractivity contribution is -0.128. The molecule has 0 saturated carbocycles. The van der Waals surface area contributed by atoms with Crippen LogP contribution in [0.3, 0.4) is 0 Å². The van der Waals surface area contributed by atoms with E-state index in [2.05, 4.69) is 45.1 Å². The van der Waals surface area contributed by atoms with Crippen LogP contribution in [0.1, 0.15) is 71.9 Å². The molecule has 0 aromatic heterocycles. The molecule has 9 heteroatoms. The number of ether oxygens (including phenoxy) is 3. The largest absolute Gasteiger partial charge is 0.493 e. The number of carbonyl (C=O) groups is 1. The molecular weight excluding hydrogens is 611 g/mol. The van der Waals surface area contributed by atoms with Gasteiger partial charge >= 0.3 is 0 Å². The van der Waals surface area contributed by atoms with Crippen molar-refractivity contribution in [1.82, 2.24) is 5.32 Å². The maximum absolute atomic E-state index is 13.4. The monoisotopic (exact) mass is 668 g/mol. The predicted octanol–water partition coefficient (Wildman–Crippen LogP) is 7.13. The Morgan fingerprint density at radius 2 is 1.69 bits per heavy atom. The van der Waals surface area contributed by atoms with Gasteiger partial charge in [-0.05, 0) is 84.2 Å². The van der Waals surface area contributed by atoms with Crippen molar-refractivity contribution >= 4 is 29.9 Å². The number of hydrogen-bond acceptors (Lipinski definition) is 6. The van der Waals surface area contributed by atoms with Gasteiger partial charge in [0.25, 0.3) is 0 Å². The first-order chi connectivity index (χ1) is 20.8. The lowest BCUT2D eigenvalue weighted by atomic mass is 9.80. The number of halogens is 2. The van der Waals surface area contributed by atoms with Crippen molar-refractivity contribution in [1.29, 1.82) is 0 Å². The second-order valence-electron chi connectivity index (χ2n) is 13.6. The Balaban J connectivity index is 0.0000101.